The number of amides is 4. The topological polar surface area (TPSA) is 169 Å². The highest BCUT2D eigenvalue weighted by atomic mass is 16.7. The third kappa shape index (κ3) is 18.4. The molecule has 50 heavy (non-hydrogen) atoms. The van der Waals surface area contributed by atoms with Crippen LogP contribution in [0.25, 0.3) is 0 Å². The van der Waals surface area contributed by atoms with Gasteiger partial charge in [0.05, 0.1) is 0 Å². The summed E-state index contributed by atoms with van der Waals surface area (Å²) in [5.41, 5.74) is 5.98. The van der Waals surface area contributed by atoms with Gasteiger partial charge in [0, 0.05) is 32.2 Å². The van der Waals surface area contributed by atoms with E-state index in [1.807, 2.05) is 13.8 Å². The van der Waals surface area contributed by atoms with Crippen molar-refractivity contribution in [2.75, 3.05) is 33.0 Å². The van der Waals surface area contributed by atoms with E-state index in [2.05, 4.69) is 27.8 Å². The van der Waals surface area contributed by atoms with Crippen LogP contribution in [0.1, 0.15) is 123 Å². The molecule has 0 spiro atoms. The molecule has 1 aliphatic rings. The van der Waals surface area contributed by atoms with Crippen molar-refractivity contribution in [3.05, 3.63) is 29.8 Å². The van der Waals surface area contributed by atoms with E-state index in [0.717, 1.165) is 63.7 Å². The molecule has 282 valence electrons. The molecule has 12 heteroatoms. The Bertz CT molecular complexity index is 1160. The van der Waals surface area contributed by atoms with Gasteiger partial charge in [-0.2, -0.15) is 0 Å². The van der Waals surface area contributed by atoms with Gasteiger partial charge in [-0.3, -0.25) is 24.0 Å². The lowest BCUT2D eigenvalue weighted by Gasteiger charge is -2.26. The molecule has 3 unspecified atom stereocenters. The minimum absolute atomic E-state index is 0.139. The van der Waals surface area contributed by atoms with Gasteiger partial charge in [0.1, 0.15) is 17.8 Å². The maximum atomic E-state index is 13.6. The number of piperidine rings is 1. The van der Waals surface area contributed by atoms with Gasteiger partial charge in [-0.05, 0) is 88.2 Å². The van der Waals surface area contributed by atoms with Crippen molar-refractivity contribution < 1.29 is 33.4 Å². The zero-order chi connectivity index (χ0) is 36.6. The first-order valence-electron chi connectivity index (χ1n) is 18.9. The van der Waals surface area contributed by atoms with Crippen LogP contribution in [0.4, 0.5) is 0 Å². The SMILES string of the molecule is CCCCCC(=O)NC(Cc1ccc(OCOC(=O)CCCCN2CCCCC2)cc1)C(=O)NC(C(=O)NCCCCCC(N)=O)C(C)CC. The van der Waals surface area contributed by atoms with Gasteiger partial charge in [0.25, 0.3) is 0 Å². The van der Waals surface area contributed by atoms with Crippen LogP contribution in [-0.2, 0) is 35.1 Å². The Labute approximate surface area is 299 Å². The minimum atomic E-state index is -0.889. The van der Waals surface area contributed by atoms with Gasteiger partial charge in [-0.15, -0.1) is 0 Å². The van der Waals surface area contributed by atoms with E-state index in [-0.39, 0.29) is 42.8 Å². The summed E-state index contributed by atoms with van der Waals surface area (Å²) in [4.78, 5) is 65.2. The Morgan fingerprint density at radius 3 is 2.20 bits per heavy atom. The van der Waals surface area contributed by atoms with E-state index in [1.54, 1.807) is 24.3 Å². The highest BCUT2D eigenvalue weighted by Crippen LogP contribution is 2.16. The molecule has 0 radical (unpaired) electrons. The third-order valence-electron chi connectivity index (χ3n) is 9.21. The molecule has 2 rings (SSSR count). The predicted molar refractivity (Wildman–Crippen MR) is 194 cm³/mol. The summed E-state index contributed by atoms with van der Waals surface area (Å²) in [6.07, 6.45) is 12.2. The van der Waals surface area contributed by atoms with E-state index in [0.29, 0.717) is 50.8 Å². The second kappa shape index (κ2) is 25.3. The lowest BCUT2D eigenvalue weighted by atomic mass is 9.97. The Balaban J connectivity index is 1.91. The average Bonchev–Trinajstić information content (AvgIpc) is 3.11. The molecule has 12 nitrogen and oxygen atoms in total. The van der Waals surface area contributed by atoms with Crippen molar-refractivity contribution in [3.63, 3.8) is 0 Å². The molecule has 1 heterocycles. The van der Waals surface area contributed by atoms with Crippen molar-refractivity contribution in [2.45, 2.75) is 136 Å². The summed E-state index contributed by atoms with van der Waals surface area (Å²) in [6, 6.07) is 5.42. The fourth-order valence-electron chi connectivity index (χ4n) is 5.87. The van der Waals surface area contributed by atoms with Gasteiger partial charge in [0.2, 0.25) is 30.4 Å². The van der Waals surface area contributed by atoms with Crippen LogP contribution in [0.15, 0.2) is 24.3 Å². The fraction of sp³-hybridized carbons (Fsp3) is 0.711. The summed E-state index contributed by atoms with van der Waals surface area (Å²) in [5.74, 6) is -1.18. The Hall–Kier alpha value is -3.67. The van der Waals surface area contributed by atoms with Crippen molar-refractivity contribution in [3.8, 4) is 5.75 Å². The van der Waals surface area contributed by atoms with Crippen molar-refractivity contribution in [1.29, 1.82) is 0 Å². The number of nitrogens with zero attached hydrogens (tertiary/aromatic N) is 1. The molecule has 0 saturated carbocycles. The predicted octanol–water partition coefficient (Wildman–Crippen LogP) is 4.52. The molecular formula is C38H63N5O7. The number of carbonyl (C=O) groups is 5. The van der Waals surface area contributed by atoms with Crippen LogP contribution in [-0.4, -0.2) is 79.6 Å². The van der Waals surface area contributed by atoms with Crippen LogP contribution in [0, 0.1) is 5.92 Å². The van der Waals surface area contributed by atoms with E-state index < -0.39 is 18.0 Å². The van der Waals surface area contributed by atoms with Gasteiger partial charge in [-0.25, -0.2) is 0 Å². The molecular weight excluding hydrogens is 638 g/mol. The Morgan fingerprint density at radius 2 is 1.52 bits per heavy atom. The van der Waals surface area contributed by atoms with Gasteiger partial charge < -0.3 is 36.1 Å². The van der Waals surface area contributed by atoms with E-state index in [1.165, 1.54) is 19.3 Å². The van der Waals surface area contributed by atoms with Crippen LogP contribution in [0.3, 0.4) is 0 Å². The number of unbranched alkanes of at least 4 members (excludes halogenated alkanes) is 5. The maximum absolute atomic E-state index is 13.6. The van der Waals surface area contributed by atoms with E-state index in [4.69, 9.17) is 15.2 Å². The van der Waals surface area contributed by atoms with Gasteiger partial charge in [-0.1, -0.05) is 65.0 Å². The van der Waals surface area contributed by atoms with Crippen molar-refractivity contribution in [1.82, 2.24) is 20.9 Å². The van der Waals surface area contributed by atoms with E-state index >= 15 is 0 Å². The molecule has 1 saturated heterocycles. The smallest absolute Gasteiger partial charge is 0.308 e. The van der Waals surface area contributed by atoms with Gasteiger partial charge in [0.15, 0.2) is 0 Å². The van der Waals surface area contributed by atoms with Crippen LogP contribution >= 0.6 is 0 Å². The largest absolute Gasteiger partial charge is 0.457 e. The zero-order valence-corrected chi connectivity index (χ0v) is 30.8. The maximum Gasteiger partial charge on any atom is 0.308 e. The monoisotopic (exact) mass is 701 g/mol. The second-order valence-electron chi connectivity index (χ2n) is 13.5. The number of primary amides is 1. The molecule has 1 aliphatic heterocycles. The number of carbonyl (C=O) groups excluding carboxylic acids is 5. The lowest BCUT2D eigenvalue weighted by molar-refractivity contribution is -0.150. The standard InChI is InChI=1S/C38H63N5O7/c1-4-6-9-17-34(45)41-32(37(47)42-36(29(3)5-2)38(48)40-23-12-7-10-16-33(39)44)27-30-19-21-31(22-20-30)49-28-50-35(46)18-11-15-26-43-24-13-8-14-25-43/h19-22,29,32,36H,4-18,23-28H2,1-3H3,(H2,39,44)(H,40,48)(H,41,45)(H,42,47). The van der Waals surface area contributed by atoms with E-state index in [9.17, 15) is 24.0 Å². The lowest BCUT2D eigenvalue weighted by Crippen LogP contribution is -2.56. The second-order valence-corrected chi connectivity index (χ2v) is 13.5. The zero-order valence-electron chi connectivity index (χ0n) is 30.8. The normalized spacial score (nSPS) is 14.9. The first-order chi connectivity index (χ1) is 24.1. The highest BCUT2D eigenvalue weighted by Gasteiger charge is 2.30. The molecule has 1 aromatic rings. The Kier molecular flexibility index (Phi) is 21.5. The summed E-state index contributed by atoms with van der Waals surface area (Å²) in [7, 11) is 0. The fourth-order valence-corrected chi connectivity index (χ4v) is 5.87. The Morgan fingerprint density at radius 1 is 0.820 bits per heavy atom. The number of hydrogen-bond acceptors (Lipinski definition) is 8. The number of nitrogens with two attached hydrogens (primary N) is 1. The molecule has 3 atom stereocenters. The summed E-state index contributed by atoms with van der Waals surface area (Å²) in [6.45, 7) is 9.48. The first kappa shape index (κ1) is 42.5. The number of esters is 1. The average molecular weight is 702 g/mol. The molecule has 0 aromatic heterocycles. The number of hydrogen-bond donors (Lipinski definition) is 4. The number of ether oxygens (including phenoxy) is 2. The molecule has 1 fully saturated rings. The quantitative estimate of drug-likeness (QED) is 0.0621. The van der Waals surface area contributed by atoms with Crippen LogP contribution in [0.2, 0.25) is 0 Å². The molecule has 4 amide bonds. The highest BCUT2D eigenvalue weighted by molar-refractivity contribution is 5.92. The number of likely N-dealkylation sites (tertiary alicyclic amines) is 1. The summed E-state index contributed by atoms with van der Waals surface area (Å²) >= 11 is 0. The minimum Gasteiger partial charge on any atom is -0.457 e. The summed E-state index contributed by atoms with van der Waals surface area (Å²) < 4.78 is 10.9. The number of nitrogens with one attached hydrogen (secondary N) is 3. The molecule has 5 N–H and O–H groups in total. The molecule has 0 aliphatic carbocycles. The van der Waals surface area contributed by atoms with Crippen LogP contribution < -0.4 is 26.4 Å². The molecule has 0 bridgehead atoms. The van der Waals surface area contributed by atoms with Gasteiger partial charge >= 0.3 is 5.97 Å². The third-order valence-corrected chi connectivity index (χ3v) is 9.21. The summed E-state index contributed by atoms with van der Waals surface area (Å²) in [5, 5.41) is 8.71. The van der Waals surface area contributed by atoms with Crippen molar-refractivity contribution in [2.24, 2.45) is 11.7 Å². The first-order valence-corrected chi connectivity index (χ1v) is 18.9. The number of benzene rings is 1. The van der Waals surface area contributed by atoms with Crippen LogP contribution in [0.5, 0.6) is 5.75 Å². The molecule has 1 aromatic carbocycles. The van der Waals surface area contributed by atoms with Crippen molar-refractivity contribution >= 4 is 29.6 Å². The number of rotatable bonds is 26.